The summed E-state index contributed by atoms with van der Waals surface area (Å²) in [6, 6.07) is 9.68. The Balaban J connectivity index is 2.35. The monoisotopic (exact) mass is 578 g/mol. The van der Waals surface area contributed by atoms with Crippen molar-refractivity contribution in [2.45, 2.75) is 73.0 Å². The lowest BCUT2D eigenvalue weighted by atomic mass is 10.0. The Hall–Kier alpha value is -4.18. The molecule has 0 saturated carbocycles. The van der Waals surface area contributed by atoms with Crippen molar-refractivity contribution in [1.29, 1.82) is 0 Å². The fraction of sp³-hybridized carbons (Fsp3) is 0.438. The number of hydrogen-bond donors (Lipinski definition) is 1. The summed E-state index contributed by atoms with van der Waals surface area (Å²) >= 11 is 0. The van der Waals surface area contributed by atoms with E-state index in [9.17, 15) is 14.4 Å². The zero-order valence-electron chi connectivity index (χ0n) is 26.0. The van der Waals surface area contributed by atoms with Crippen LogP contribution in [0.4, 0.5) is 15.3 Å². The number of carbonyl (C=O) groups is 3. The molecule has 0 aliphatic carbocycles. The highest BCUT2D eigenvalue weighted by Gasteiger charge is 2.37. The number of ether oxygens (including phenoxy) is 3. The van der Waals surface area contributed by atoms with E-state index < -0.39 is 29.3 Å². The van der Waals surface area contributed by atoms with Crippen molar-refractivity contribution >= 4 is 35.5 Å². The molecule has 0 aliphatic rings. The third-order valence-corrected chi connectivity index (χ3v) is 6.11. The smallest absolute Gasteiger partial charge is 0.424 e. The molecule has 10 heteroatoms. The topological polar surface area (TPSA) is 111 Å². The van der Waals surface area contributed by atoms with Crippen molar-refractivity contribution < 1.29 is 28.6 Å². The minimum absolute atomic E-state index is 0.117. The zero-order chi connectivity index (χ0) is 31.2. The van der Waals surface area contributed by atoms with Gasteiger partial charge in [0.1, 0.15) is 16.9 Å². The number of aryl methyl sites for hydroxylation is 2. The molecule has 0 fully saturated rings. The molecule has 226 valence electrons. The minimum atomic E-state index is -0.942. The molecular formula is C32H42N4O6. The quantitative estimate of drug-likeness (QED) is 0.314. The maximum absolute atomic E-state index is 13.8. The number of allylic oxidation sites excluding steroid dienone is 1. The Bertz CT molecular complexity index is 1430. The number of carbonyl (C=O) groups excluding carboxylic acids is 3. The van der Waals surface area contributed by atoms with Gasteiger partial charge in [-0.1, -0.05) is 42.5 Å². The van der Waals surface area contributed by atoms with Crippen LogP contribution in [0.3, 0.4) is 0 Å². The van der Waals surface area contributed by atoms with Gasteiger partial charge in [-0.15, -0.1) is 0 Å². The molecular weight excluding hydrogens is 536 g/mol. The largest absolute Gasteiger partial charge is 0.443 e. The average Bonchev–Trinajstić information content (AvgIpc) is 3.16. The van der Waals surface area contributed by atoms with Crippen LogP contribution < -0.4 is 10.2 Å². The van der Waals surface area contributed by atoms with E-state index in [4.69, 9.17) is 19.2 Å². The first kappa shape index (κ1) is 32.3. The van der Waals surface area contributed by atoms with E-state index in [0.717, 1.165) is 16.2 Å². The standard InChI is InChI=1S/C32H42N4O6/c1-21-22(2)35-20-25(28(37)33-18-19-40-9)24(17-13-16-23-14-11-10-12-15-23)26(27(35)34-21)36(29(38)41-31(3,4)5)30(39)42-32(6,7)8/h10-16,20H,17-19H2,1-9H3,(H,33,37)/b16-13+. The van der Waals surface area contributed by atoms with Crippen molar-refractivity contribution in [2.75, 3.05) is 25.2 Å². The number of imide groups is 1. The summed E-state index contributed by atoms with van der Waals surface area (Å²) in [6.45, 7) is 14.5. The van der Waals surface area contributed by atoms with Crippen LogP contribution in [-0.2, 0) is 20.6 Å². The number of aromatic nitrogens is 2. The maximum atomic E-state index is 13.8. The number of anilines is 1. The molecule has 0 aliphatic heterocycles. The van der Waals surface area contributed by atoms with E-state index in [1.807, 2.05) is 56.3 Å². The summed E-state index contributed by atoms with van der Waals surface area (Å²) in [5, 5.41) is 2.87. The van der Waals surface area contributed by atoms with Crippen molar-refractivity contribution in [3.05, 3.63) is 70.7 Å². The molecule has 0 spiro atoms. The Morgan fingerprint density at radius 2 is 1.57 bits per heavy atom. The number of pyridine rings is 1. The number of nitrogens with zero attached hydrogens (tertiary/aromatic N) is 3. The molecule has 1 aromatic carbocycles. The molecule has 10 nitrogen and oxygen atoms in total. The van der Waals surface area contributed by atoms with Crippen molar-refractivity contribution in [1.82, 2.24) is 14.7 Å². The Kier molecular flexibility index (Phi) is 10.2. The summed E-state index contributed by atoms with van der Waals surface area (Å²) in [5.41, 5.74) is 1.65. The fourth-order valence-electron chi connectivity index (χ4n) is 4.17. The van der Waals surface area contributed by atoms with Gasteiger partial charge < -0.3 is 23.9 Å². The molecule has 42 heavy (non-hydrogen) atoms. The predicted molar refractivity (Wildman–Crippen MR) is 163 cm³/mol. The number of imidazole rings is 1. The van der Waals surface area contributed by atoms with Gasteiger partial charge in [0.15, 0.2) is 5.65 Å². The third-order valence-electron chi connectivity index (χ3n) is 6.11. The Morgan fingerprint density at radius 3 is 2.12 bits per heavy atom. The van der Waals surface area contributed by atoms with Crippen LogP contribution in [-0.4, -0.2) is 58.9 Å². The third kappa shape index (κ3) is 8.19. The van der Waals surface area contributed by atoms with Crippen LogP contribution in [0, 0.1) is 13.8 Å². The predicted octanol–water partition coefficient (Wildman–Crippen LogP) is 6.26. The van der Waals surface area contributed by atoms with Gasteiger partial charge in [-0.25, -0.2) is 14.6 Å². The second kappa shape index (κ2) is 13.2. The lowest BCUT2D eigenvalue weighted by Crippen LogP contribution is -2.44. The summed E-state index contributed by atoms with van der Waals surface area (Å²) in [4.78, 5) is 46.8. The summed E-state index contributed by atoms with van der Waals surface area (Å²) in [5.74, 6) is -0.391. The lowest BCUT2D eigenvalue weighted by molar-refractivity contribution is 0.0430. The van der Waals surface area contributed by atoms with Gasteiger partial charge in [0.2, 0.25) is 0 Å². The van der Waals surface area contributed by atoms with Gasteiger partial charge in [-0.2, -0.15) is 4.90 Å². The van der Waals surface area contributed by atoms with Crippen LogP contribution >= 0.6 is 0 Å². The van der Waals surface area contributed by atoms with E-state index >= 15 is 0 Å². The number of hydrogen-bond acceptors (Lipinski definition) is 7. The Labute approximate surface area is 247 Å². The molecule has 0 radical (unpaired) electrons. The Morgan fingerprint density at radius 1 is 0.976 bits per heavy atom. The van der Waals surface area contributed by atoms with Crippen LogP contribution in [0.1, 0.15) is 74.4 Å². The van der Waals surface area contributed by atoms with Crippen LogP contribution in [0.2, 0.25) is 0 Å². The zero-order valence-corrected chi connectivity index (χ0v) is 26.0. The van der Waals surface area contributed by atoms with Gasteiger partial charge in [0.25, 0.3) is 5.91 Å². The van der Waals surface area contributed by atoms with Gasteiger partial charge in [0.05, 0.1) is 17.9 Å². The molecule has 0 unspecified atom stereocenters. The summed E-state index contributed by atoms with van der Waals surface area (Å²) in [6.07, 6.45) is 3.78. The molecule has 2 aromatic heterocycles. The van der Waals surface area contributed by atoms with Crippen molar-refractivity contribution in [3.63, 3.8) is 0 Å². The van der Waals surface area contributed by atoms with Crippen molar-refractivity contribution in [2.24, 2.45) is 0 Å². The molecule has 0 bridgehead atoms. The van der Waals surface area contributed by atoms with Crippen LogP contribution in [0.15, 0.2) is 42.6 Å². The molecule has 3 amide bonds. The SMILES string of the molecule is COCCNC(=O)c1cn2c(C)c(C)nc2c(N(C(=O)OC(C)(C)C)C(=O)OC(C)(C)C)c1C/C=C/c1ccccc1. The highest BCUT2D eigenvalue weighted by molar-refractivity contribution is 6.14. The second-order valence-corrected chi connectivity index (χ2v) is 11.9. The fourth-order valence-corrected chi connectivity index (χ4v) is 4.17. The first-order valence-corrected chi connectivity index (χ1v) is 13.9. The second-order valence-electron chi connectivity index (χ2n) is 11.9. The van der Waals surface area contributed by atoms with E-state index in [-0.39, 0.29) is 24.2 Å². The van der Waals surface area contributed by atoms with E-state index in [2.05, 4.69) is 5.32 Å². The molecule has 0 atom stereocenters. The average molecular weight is 579 g/mol. The number of methoxy groups -OCH3 is 1. The highest BCUT2D eigenvalue weighted by Crippen LogP contribution is 2.34. The first-order valence-electron chi connectivity index (χ1n) is 13.9. The summed E-state index contributed by atoms with van der Waals surface area (Å²) in [7, 11) is 1.55. The normalized spacial score (nSPS) is 12.0. The summed E-state index contributed by atoms with van der Waals surface area (Å²) < 4.78 is 18.2. The maximum Gasteiger partial charge on any atom is 0.424 e. The number of fused-ring (bicyclic) bond motifs is 1. The van der Waals surface area contributed by atoms with E-state index in [1.165, 1.54) is 0 Å². The molecule has 0 saturated heterocycles. The number of nitrogens with one attached hydrogen (secondary N) is 1. The van der Waals surface area contributed by atoms with Gasteiger partial charge >= 0.3 is 12.2 Å². The lowest BCUT2D eigenvalue weighted by Gasteiger charge is -2.30. The van der Waals surface area contributed by atoms with Gasteiger partial charge in [-0.3, -0.25) is 4.79 Å². The van der Waals surface area contributed by atoms with Crippen LogP contribution in [0.5, 0.6) is 0 Å². The minimum Gasteiger partial charge on any atom is -0.443 e. The van der Waals surface area contributed by atoms with Crippen LogP contribution in [0.25, 0.3) is 11.7 Å². The van der Waals surface area contributed by atoms with E-state index in [1.54, 1.807) is 59.2 Å². The molecule has 1 N–H and O–H groups in total. The highest BCUT2D eigenvalue weighted by atomic mass is 16.6. The number of amides is 3. The van der Waals surface area contributed by atoms with E-state index in [0.29, 0.717) is 23.5 Å². The molecule has 2 heterocycles. The number of rotatable bonds is 8. The molecule has 3 aromatic rings. The first-order chi connectivity index (χ1) is 19.6. The van der Waals surface area contributed by atoms with Gasteiger partial charge in [0, 0.05) is 25.5 Å². The van der Waals surface area contributed by atoms with Crippen molar-refractivity contribution in [3.8, 4) is 0 Å². The number of benzene rings is 1. The van der Waals surface area contributed by atoms with Gasteiger partial charge in [-0.05, 0) is 72.9 Å². The molecule has 3 rings (SSSR count).